The zero-order chi connectivity index (χ0) is 18.7. The number of benzene rings is 2. The Morgan fingerprint density at radius 1 is 1.08 bits per heavy atom. The Hall–Kier alpha value is -2.70. The molecule has 2 aromatic carbocycles. The maximum atomic E-state index is 13.0. The number of halogens is 3. The first-order valence-corrected chi connectivity index (χ1v) is 8.31. The number of carbonyl (C=O) groups excluding carboxylic acids is 1. The van der Waals surface area contributed by atoms with Crippen molar-refractivity contribution in [1.29, 1.82) is 0 Å². The largest absolute Gasteiger partial charge is 0.339 e. The third kappa shape index (κ3) is 4.28. The number of nitrogens with zero attached hydrogens (tertiary/aromatic N) is 2. The van der Waals surface area contributed by atoms with Crippen molar-refractivity contribution in [3.8, 4) is 0 Å². The lowest BCUT2D eigenvalue weighted by Gasteiger charge is -2.11. The topological polar surface area (TPSA) is 66.9 Å². The van der Waals surface area contributed by atoms with Gasteiger partial charge in [-0.25, -0.2) is 14.4 Å². The number of hydrogen-bond acceptors (Lipinski definition) is 4. The predicted octanol–water partition coefficient (Wildman–Crippen LogP) is 5.23. The Balaban J connectivity index is 1.84. The second-order valence-electron chi connectivity index (χ2n) is 5.37. The van der Waals surface area contributed by atoms with E-state index in [1.807, 2.05) is 0 Å². The summed E-state index contributed by atoms with van der Waals surface area (Å²) in [5.74, 6) is -0.0311. The lowest BCUT2D eigenvalue weighted by molar-refractivity contribution is 0.102. The molecule has 0 saturated heterocycles. The lowest BCUT2D eigenvalue weighted by Crippen LogP contribution is -2.15. The van der Waals surface area contributed by atoms with Gasteiger partial charge in [-0.2, -0.15) is 0 Å². The van der Waals surface area contributed by atoms with Crippen LogP contribution in [0.4, 0.5) is 21.6 Å². The Kier molecular flexibility index (Phi) is 5.35. The van der Waals surface area contributed by atoms with Crippen LogP contribution < -0.4 is 10.6 Å². The van der Waals surface area contributed by atoms with Crippen molar-refractivity contribution in [1.82, 2.24) is 9.97 Å². The third-order valence-electron chi connectivity index (χ3n) is 3.39. The summed E-state index contributed by atoms with van der Waals surface area (Å²) < 4.78 is 13.0. The average molecular weight is 391 g/mol. The Morgan fingerprint density at radius 3 is 2.54 bits per heavy atom. The molecule has 0 saturated carbocycles. The van der Waals surface area contributed by atoms with Crippen LogP contribution in [0.5, 0.6) is 0 Å². The summed E-state index contributed by atoms with van der Waals surface area (Å²) in [4.78, 5) is 20.8. The highest BCUT2D eigenvalue weighted by Crippen LogP contribution is 2.31. The molecule has 0 aliphatic heterocycles. The van der Waals surface area contributed by atoms with Crippen molar-refractivity contribution < 1.29 is 9.18 Å². The van der Waals surface area contributed by atoms with Gasteiger partial charge in [0.15, 0.2) is 0 Å². The van der Waals surface area contributed by atoms with Crippen LogP contribution in [0.25, 0.3) is 0 Å². The van der Waals surface area contributed by atoms with Gasteiger partial charge >= 0.3 is 0 Å². The molecule has 132 valence electrons. The number of aryl methyl sites for hydroxylation is 1. The lowest BCUT2D eigenvalue weighted by atomic mass is 10.2. The highest BCUT2D eigenvalue weighted by Gasteiger charge is 2.12. The van der Waals surface area contributed by atoms with Gasteiger partial charge in [0.25, 0.3) is 5.91 Å². The Morgan fingerprint density at radius 2 is 1.81 bits per heavy atom. The molecule has 8 heteroatoms. The number of rotatable bonds is 4. The normalized spacial score (nSPS) is 10.5. The fourth-order valence-corrected chi connectivity index (χ4v) is 2.56. The fourth-order valence-electron chi connectivity index (χ4n) is 2.21. The smallest absolute Gasteiger partial charge is 0.274 e. The summed E-state index contributed by atoms with van der Waals surface area (Å²) in [6, 6.07) is 12.1. The molecule has 5 nitrogen and oxygen atoms in total. The molecule has 26 heavy (non-hydrogen) atoms. The molecule has 3 rings (SSSR count). The molecule has 3 aromatic rings. The average Bonchev–Trinajstić information content (AvgIpc) is 2.60. The summed E-state index contributed by atoms with van der Waals surface area (Å²) >= 11 is 12.2. The fraction of sp³-hybridized carbons (Fsp3) is 0.0556. The van der Waals surface area contributed by atoms with E-state index in [2.05, 4.69) is 20.6 Å². The van der Waals surface area contributed by atoms with Crippen molar-refractivity contribution >= 4 is 46.3 Å². The van der Waals surface area contributed by atoms with E-state index in [0.29, 0.717) is 33.1 Å². The van der Waals surface area contributed by atoms with Crippen LogP contribution >= 0.6 is 23.2 Å². The van der Waals surface area contributed by atoms with Crippen molar-refractivity contribution in [3.05, 3.63) is 75.9 Å². The monoisotopic (exact) mass is 390 g/mol. The number of carbonyl (C=O) groups is 1. The van der Waals surface area contributed by atoms with E-state index in [0.717, 1.165) is 0 Å². The summed E-state index contributed by atoms with van der Waals surface area (Å²) in [7, 11) is 0. The summed E-state index contributed by atoms with van der Waals surface area (Å²) in [6.07, 6.45) is 0. The summed E-state index contributed by atoms with van der Waals surface area (Å²) in [6.45, 7) is 1.67. The van der Waals surface area contributed by atoms with Crippen LogP contribution in [0, 0.1) is 12.7 Å². The van der Waals surface area contributed by atoms with Gasteiger partial charge in [-0.3, -0.25) is 4.79 Å². The molecular weight excluding hydrogens is 378 g/mol. The van der Waals surface area contributed by atoms with E-state index in [9.17, 15) is 9.18 Å². The first kappa shape index (κ1) is 18.1. The van der Waals surface area contributed by atoms with Crippen molar-refractivity contribution in [2.24, 2.45) is 0 Å². The minimum absolute atomic E-state index is 0.155. The van der Waals surface area contributed by atoms with E-state index in [4.69, 9.17) is 23.2 Å². The SMILES string of the molecule is Cc1nc(Nc2cccc(Cl)c2Cl)cc(C(=O)Nc2ccc(F)cc2)n1. The van der Waals surface area contributed by atoms with Gasteiger partial charge in [-0.1, -0.05) is 29.3 Å². The number of amides is 1. The van der Waals surface area contributed by atoms with Crippen LogP contribution in [-0.4, -0.2) is 15.9 Å². The predicted molar refractivity (Wildman–Crippen MR) is 101 cm³/mol. The molecule has 0 aliphatic carbocycles. The molecule has 0 bridgehead atoms. The molecule has 2 N–H and O–H groups in total. The van der Waals surface area contributed by atoms with Crippen molar-refractivity contribution in [2.45, 2.75) is 6.92 Å². The minimum Gasteiger partial charge on any atom is -0.339 e. The summed E-state index contributed by atoms with van der Waals surface area (Å²) in [5.41, 5.74) is 1.17. The maximum absolute atomic E-state index is 13.0. The molecule has 0 spiro atoms. The Bertz CT molecular complexity index is 964. The second-order valence-corrected chi connectivity index (χ2v) is 6.16. The highest BCUT2D eigenvalue weighted by molar-refractivity contribution is 6.43. The van der Waals surface area contributed by atoms with Gasteiger partial charge in [-0.05, 0) is 43.3 Å². The standard InChI is InChI=1S/C18H13Cl2FN4O/c1-10-22-15(18(26)24-12-7-5-11(21)6-8-12)9-16(23-10)25-14-4-2-3-13(19)17(14)20/h2-9H,1H3,(H,24,26)(H,22,23,25). The number of anilines is 3. The van der Waals surface area contributed by atoms with Crippen molar-refractivity contribution in [2.75, 3.05) is 10.6 Å². The second kappa shape index (κ2) is 7.68. The van der Waals surface area contributed by atoms with Crippen LogP contribution in [0.2, 0.25) is 10.0 Å². The van der Waals surface area contributed by atoms with Gasteiger partial charge < -0.3 is 10.6 Å². The maximum Gasteiger partial charge on any atom is 0.274 e. The summed E-state index contributed by atoms with van der Waals surface area (Å²) in [5, 5.41) is 6.43. The zero-order valence-electron chi connectivity index (χ0n) is 13.6. The van der Waals surface area contributed by atoms with E-state index in [1.165, 1.54) is 30.3 Å². The molecule has 1 amide bonds. The van der Waals surface area contributed by atoms with Crippen LogP contribution in [0.3, 0.4) is 0 Å². The van der Waals surface area contributed by atoms with Gasteiger partial charge in [0.1, 0.15) is 23.2 Å². The molecule has 0 aliphatic rings. The van der Waals surface area contributed by atoms with Crippen molar-refractivity contribution in [3.63, 3.8) is 0 Å². The highest BCUT2D eigenvalue weighted by atomic mass is 35.5. The van der Waals surface area contributed by atoms with Crippen LogP contribution in [-0.2, 0) is 0 Å². The number of aromatic nitrogens is 2. The quantitative estimate of drug-likeness (QED) is 0.640. The molecule has 0 radical (unpaired) electrons. The zero-order valence-corrected chi connectivity index (χ0v) is 15.1. The van der Waals surface area contributed by atoms with Crippen LogP contribution in [0.1, 0.15) is 16.3 Å². The molecule has 0 unspecified atom stereocenters. The van der Waals surface area contributed by atoms with E-state index >= 15 is 0 Å². The molecule has 1 aromatic heterocycles. The van der Waals surface area contributed by atoms with Gasteiger partial charge in [0.05, 0.1) is 15.7 Å². The molecule has 0 fully saturated rings. The van der Waals surface area contributed by atoms with Gasteiger partial charge in [0.2, 0.25) is 0 Å². The third-order valence-corrected chi connectivity index (χ3v) is 4.21. The van der Waals surface area contributed by atoms with Gasteiger partial charge in [0, 0.05) is 11.8 Å². The first-order valence-electron chi connectivity index (χ1n) is 7.56. The molecule has 1 heterocycles. The van der Waals surface area contributed by atoms with E-state index < -0.39 is 5.91 Å². The van der Waals surface area contributed by atoms with E-state index in [1.54, 1.807) is 25.1 Å². The van der Waals surface area contributed by atoms with Gasteiger partial charge in [-0.15, -0.1) is 0 Å². The minimum atomic E-state index is -0.442. The number of nitrogens with one attached hydrogen (secondary N) is 2. The Labute approximate surface area is 159 Å². The van der Waals surface area contributed by atoms with E-state index in [-0.39, 0.29) is 11.5 Å². The molecule has 0 atom stereocenters. The molecular formula is C18H13Cl2FN4O. The number of hydrogen-bond donors (Lipinski definition) is 2. The first-order chi connectivity index (χ1) is 12.4. The van der Waals surface area contributed by atoms with Crippen LogP contribution in [0.15, 0.2) is 48.5 Å².